The summed E-state index contributed by atoms with van der Waals surface area (Å²) in [7, 11) is 4.63. The predicted octanol–water partition coefficient (Wildman–Crippen LogP) is 1.05. The minimum absolute atomic E-state index is 0.172. The number of hydrogen-bond acceptors (Lipinski definition) is 9. The molecule has 37 heavy (non-hydrogen) atoms. The highest BCUT2D eigenvalue weighted by atomic mass is 32.2. The lowest BCUT2D eigenvalue weighted by Gasteiger charge is -2.43. The monoisotopic (exact) mass is 530 g/mol. The highest BCUT2D eigenvalue weighted by Gasteiger charge is 2.64. The normalized spacial score (nSPS) is 21.4. The van der Waals surface area contributed by atoms with E-state index in [2.05, 4.69) is 5.32 Å². The summed E-state index contributed by atoms with van der Waals surface area (Å²) in [5, 5.41) is 2.27. The molecule has 1 aromatic carbocycles. The number of β-lactam (4-membered cyclic amide) rings is 1. The van der Waals surface area contributed by atoms with Crippen LogP contribution in [0.4, 0.5) is 0 Å². The van der Waals surface area contributed by atoms with Gasteiger partial charge in [-0.15, -0.1) is 11.8 Å². The molecule has 3 atom stereocenters. The van der Waals surface area contributed by atoms with Gasteiger partial charge in [0.2, 0.25) is 12.7 Å². The van der Waals surface area contributed by atoms with Gasteiger partial charge in [-0.25, -0.2) is 14.2 Å². The Kier molecular flexibility index (Phi) is 7.30. The smallest absolute Gasteiger partial charge is 0.347 e. The topological polar surface area (TPSA) is 124 Å². The SMILES string of the molecule is COc1cccc(OC)c1C(=O)NC1C(=O)N2C1SC(C)(C)[C@@H]2C(=O)OCOC(=O)c1ccc[n+](C)c1. The first-order valence-corrected chi connectivity index (χ1v) is 12.3. The zero-order chi connectivity index (χ0) is 26.9. The van der Waals surface area contributed by atoms with Gasteiger partial charge in [-0.05, 0) is 32.0 Å². The van der Waals surface area contributed by atoms with Gasteiger partial charge >= 0.3 is 11.9 Å². The van der Waals surface area contributed by atoms with Crippen molar-refractivity contribution in [1.82, 2.24) is 10.2 Å². The minimum atomic E-state index is -0.919. The summed E-state index contributed by atoms with van der Waals surface area (Å²) >= 11 is 1.38. The number of esters is 2. The van der Waals surface area contributed by atoms with Crippen molar-refractivity contribution in [1.29, 1.82) is 0 Å². The van der Waals surface area contributed by atoms with Crippen LogP contribution in [-0.4, -0.2) is 71.9 Å². The van der Waals surface area contributed by atoms with Crippen molar-refractivity contribution in [2.24, 2.45) is 7.05 Å². The van der Waals surface area contributed by atoms with Gasteiger partial charge in [0.15, 0.2) is 12.4 Å². The molecule has 2 fully saturated rings. The lowest BCUT2D eigenvalue weighted by Crippen LogP contribution is -2.70. The molecule has 0 aliphatic carbocycles. The van der Waals surface area contributed by atoms with Crippen LogP contribution in [0, 0.1) is 0 Å². The number of carbonyl (C=O) groups excluding carboxylic acids is 4. The number of thioether (sulfide) groups is 1. The average molecular weight is 531 g/mol. The number of pyridine rings is 1. The highest BCUT2D eigenvalue weighted by Crippen LogP contribution is 2.51. The van der Waals surface area contributed by atoms with Crippen molar-refractivity contribution in [2.45, 2.75) is 36.1 Å². The molecular formula is C25H28N3O8S+. The van der Waals surface area contributed by atoms with Gasteiger partial charge in [-0.2, -0.15) is 0 Å². The molecule has 2 amide bonds. The fourth-order valence-corrected chi connectivity index (χ4v) is 6.05. The lowest BCUT2D eigenvalue weighted by molar-refractivity contribution is -0.671. The number of aromatic nitrogens is 1. The van der Waals surface area contributed by atoms with E-state index in [9.17, 15) is 19.2 Å². The quantitative estimate of drug-likeness (QED) is 0.231. The molecule has 0 spiro atoms. The number of nitrogens with zero attached hydrogens (tertiary/aromatic N) is 2. The molecular weight excluding hydrogens is 502 g/mol. The van der Waals surface area contributed by atoms with Gasteiger partial charge in [0.25, 0.3) is 5.91 Å². The summed E-state index contributed by atoms with van der Waals surface area (Å²) in [4.78, 5) is 52.7. The Bertz CT molecular complexity index is 1230. The van der Waals surface area contributed by atoms with Crippen LogP contribution < -0.4 is 19.4 Å². The summed E-state index contributed by atoms with van der Waals surface area (Å²) in [6.45, 7) is 3.04. The zero-order valence-electron chi connectivity index (χ0n) is 21.0. The molecule has 2 aliphatic heterocycles. The molecule has 1 aromatic heterocycles. The second kappa shape index (κ2) is 10.3. The Morgan fingerprint density at radius 1 is 1.08 bits per heavy atom. The Morgan fingerprint density at radius 3 is 2.38 bits per heavy atom. The molecule has 4 rings (SSSR count). The Balaban J connectivity index is 1.40. The molecule has 2 aromatic rings. The number of methoxy groups -OCH3 is 2. The number of hydrogen-bond donors (Lipinski definition) is 1. The lowest BCUT2D eigenvalue weighted by atomic mass is 9.95. The van der Waals surface area contributed by atoms with E-state index < -0.39 is 52.8 Å². The molecule has 3 heterocycles. The summed E-state index contributed by atoms with van der Waals surface area (Å²) in [6.07, 6.45) is 3.35. The number of nitrogens with one attached hydrogen (secondary N) is 1. The van der Waals surface area contributed by atoms with Gasteiger partial charge in [-0.1, -0.05) is 6.07 Å². The largest absolute Gasteiger partial charge is 0.496 e. The van der Waals surface area contributed by atoms with E-state index in [1.807, 2.05) is 13.8 Å². The molecule has 2 unspecified atom stereocenters. The molecule has 0 saturated carbocycles. The number of benzene rings is 1. The standard InChI is InChI=1S/C25H27N3O8S/c1-25(2)19(24(32)36-13-35-23(31)14-8-7-11-27(3)12-14)28-21(30)18(22(28)37-25)26-20(29)17-15(33-4)9-6-10-16(17)34-5/h6-12,18-19,22H,13H2,1-5H3/p+1/t18?,19-,22?/m0/s1. The Labute approximate surface area is 218 Å². The van der Waals surface area contributed by atoms with E-state index in [1.165, 1.54) is 30.9 Å². The van der Waals surface area contributed by atoms with Crippen molar-refractivity contribution in [3.8, 4) is 11.5 Å². The highest BCUT2D eigenvalue weighted by molar-refractivity contribution is 8.01. The van der Waals surface area contributed by atoms with Crippen LogP contribution in [0.3, 0.4) is 0 Å². The molecule has 11 nitrogen and oxygen atoms in total. The van der Waals surface area contributed by atoms with E-state index in [-0.39, 0.29) is 5.56 Å². The fraction of sp³-hybridized carbons (Fsp3) is 0.400. The number of rotatable bonds is 8. The molecule has 12 heteroatoms. The van der Waals surface area contributed by atoms with Gasteiger partial charge < -0.3 is 29.2 Å². The van der Waals surface area contributed by atoms with E-state index >= 15 is 0 Å². The molecule has 2 aliphatic rings. The first-order valence-electron chi connectivity index (χ1n) is 11.4. The molecule has 0 bridgehead atoms. The van der Waals surface area contributed by atoms with Crippen LogP contribution in [0.2, 0.25) is 0 Å². The summed E-state index contributed by atoms with van der Waals surface area (Å²) in [5.74, 6) is -1.67. The molecule has 2 saturated heterocycles. The van der Waals surface area contributed by atoms with Gasteiger partial charge in [0.1, 0.15) is 47.1 Å². The molecule has 1 N–H and O–H groups in total. The van der Waals surface area contributed by atoms with E-state index in [1.54, 1.807) is 54.3 Å². The van der Waals surface area contributed by atoms with Gasteiger partial charge in [0, 0.05) is 10.8 Å². The third-order valence-corrected chi connectivity index (χ3v) is 7.74. The summed E-state index contributed by atoms with van der Waals surface area (Å²) in [6, 6.07) is 6.44. The number of carbonyl (C=O) groups is 4. The maximum atomic E-state index is 13.1. The van der Waals surface area contributed by atoms with Crippen LogP contribution >= 0.6 is 11.8 Å². The Hall–Kier alpha value is -3.80. The maximum Gasteiger partial charge on any atom is 0.347 e. The predicted molar refractivity (Wildman–Crippen MR) is 131 cm³/mol. The second-order valence-electron chi connectivity index (χ2n) is 9.02. The third-order valence-electron chi connectivity index (χ3n) is 6.17. The Morgan fingerprint density at radius 2 is 1.76 bits per heavy atom. The third kappa shape index (κ3) is 4.93. The molecule has 196 valence electrons. The minimum Gasteiger partial charge on any atom is -0.496 e. The van der Waals surface area contributed by atoms with Crippen LogP contribution in [0.5, 0.6) is 11.5 Å². The van der Waals surface area contributed by atoms with Crippen molar-refractivity contribution < 1.29 is 42.7 Å². The van der Waals surface area contributed by atoms with Crippen LogP contribution in [0.15, 0.2) is 42.7 Å². The van der Waals surface area contributed by atoms with Gasteiger partial charge in [0.05, 0.1) is 14.2 Å². The van der Waals surface area contributed by atoms with Crippen LogP contribution in [0.25, 0.3) is 0 Å². The average Bonchev–Trinajstić information content (AvgIpc) is 3.13. The number of aryl methyl sites for hydroxylation is 1. The van der Waals surface area contributed by atoms with Crippen molar-refractivity contribution in [3.05, 3.63) is 53.9 Å². The fourth-order valence-electron chi connectivity index (χ4n) is 4.43. The van der Waals surface area contributed by atoms with E-state index in [0.29, 0.717) is 17.1 Å². The number of amides is 2. The van der Waals surface area contributed by atoms with Crippen molar-refractivity contribution in [3.63, 3.8) is 0 Å². The summed E-state index contributed by atoms with van der Waals surface area (Å²) < 4.78 is 21.8. The van der Waals surface area contributed by atoms with E-state index in [4.69, 9.17) is 18.9 Å². The number of fused-ring (bicyclic) bond motifs is 1. The van der Waals surface area contributed by atoms with Crippen LogP contribution in [-0.2, 0) is 26.1 Å². The zero-order valence-corrected chi connectivity index (χ0v) is 21.9. The number of ether oxygens (including phenoxy) is 4. The first-order chi connectivity index (χ1) is 17.6. The van der Waals surface area contributed by atoms with E-state index in [0.717, 1.165) is 0 Å². The first kappa shape index (κ1) is 26.3. The van der Waals surface area contributed by atoms with Gasteiger partial charge in [-0.3, -0.25) is 9.59 Å². The van der Waals surface area contributed by atoms with Crippen molar-refractivity contribution >= 4 is 35.5 Å². The maximum absolute atomic E-state index is 13.1. The second-order valence-corrected chi connectivity index (χ2v) is 10.8. The summed E-state index contributed by atoms with van der Waals surface area (Å²) in [5.41, 5.74) is 0.479. The van der Waals surface area contributed by atoms with Crippen LogP contribution in [0.1, 0.15) is 34.6 Å². The molecule has 0 radical (unpaired) electrons. The van der Waals surface area contributed by atoms with Crippen molar-refractivity contribution in [2.75, 3.05) is 21.0 Å².